The maximum atomic E-state index is 12.7. The van der Waals surface area contributed by atoms with Gasteiger partial charge in [0.25, 0.3) is 0 Å². The summed E-state index contributed by atoms with van der Waals surface area (Å²) in [6, 6.07) is 15.0. The van der Waals surface area contributed by atoms with E-state index in [-0.39, 0.29) is 18.2 Å². The predicted molar refractivity (Wildman–Crippen MR) is 86.7 cm³/mol. The lowest BCUT2D eigenvalue weighted by atomic mass is 10.0. The first-order valence-corrected chi connectivity index (χ1v) is 6.47. The van der Waals surface area contributed by atoms with E-state index >= 15 is 0 Å². The zero-order valence-electron chi connectivity index (χ0n) is 11.8. The van der Waals surface area contributed by atoms with Crippen molar-refractivity contribution in [3.63, 3.8) is 0 Å². The summed E-state index contributed by atoms with van der Waals surface area (Å²) in [7, 11) is 1.61. The summed E-state index contributed by atoms with van der Waals surface area (Å²) >= 11 is 0. The summed E-state index contributed by atoms with van der Waals surface area (Å²) in [5.74, 6) is 0.778. The molecule has 0 aliphatic carbocycles. The molecule has 1 aromatic heterocycles. The van der Waals surface area contributed by atoms with Crippen molar-refractivity contribution in [2.45, 2.75) is 6.92 Å². The van der Waals surface area contributed by atoms with Crippen LogP contribution in [0.5, 0.6) is 5.75 Å². The first-order chi connectivity index (χ1) is 9.70. The third-order valence-corrected chi connectivity index (χ3v) is 3.47. The highest BCUT2D eigenvalue weighted by atomic mass is 35.5. The molecule has 0 aliphatic heterocycles. The summed E-state index contributed by atoms with van der Waals surface area (Å²) in [4.78, 5) is 15.9. The van der Waals surface area contributed by atoms with Gasteiger partial charge in [0, 0.05) is 22.2 Å². The van der Waals surface area contributed by atoms with Crippen molar-refractivity contribution in [2.75, 3.05) is 7.11 Å². The van der Waals surface area contributed by atoms with E-state index in [2.05, 4.69) is 4.98 Å². The number of hydrogen-bond donors (Lipinski definition) is 1. The number of fused-ring (bicyclic) bond motifs is 1. The van der Waals surface area contributed by atoms with Crippen molar-refractivity contribution in [1.82, 2.24) is 4.98 Å². The molecule has 1 N–H and O–H groups in total. The molecule has 0 spiro atoms. The van der Waals surface area contributed by atoms with Crippen molar-refractivity contribution in [1.29, 1.82) is 0 Å². The van der Waals surface area contributed by atoms with Crippen LogP contribution in [-0.2, 0) is 0 Å². The van der Waals surface area contributed by atoms with Crippen LogP contribution in [0.15, 0.2) is 48.5 Å². The van der Waals surface area contributed by atoms with Crippen LogP contribution in [-0.4, -0.2) is 17.9 Å². The van der Waals surface area contributed by atoms with Gasteiger partial charge in [0.15, 0.2) is 5.78 Å². The molecule has 1 heterocycles. The Morgan fingerprint density at radius 1 is 1.05 bits per heavy atom. The van der Waals surface area contributed by atoms with Crippen LogP contribution >= 0.6 is 12.4 Å². The standard InChI is InChI=1S/C17H15NO2.ClH/c1-11-16(14-5-3-4-6-15(14)18-11)17(19)12-7-9-13(20-2)10-8-12;/h3-10,18H,1-2H3;1H. The van der Waals surface area contributed by atoms with E-state index in [1.54, 1.807) is 31.4 Å². The normalized spacial score (nSPS) is 10.2. The molecule has 0 atom stereocenters. The molecule has 0 fully saturated rings. The Morgan fingerprint density at radius 3 is 2.38 bits per heavy atom. The molecule has 4 heteroatoms. The van der Waals surface area contributed by atoms with Crippen LogP contribution in [0.3, 0.4) is 0 Å². The third-order valence-electron chi connectivity index (χ3n) is 3.47. The lowest BCUT2D eigenvalue weighted by Crippen LogP contribution is -2.02. The molecular formula is C17H16ClNO2. The van der Waals surface area contributed by atoms with Gasteiger partial charge in [-0.25, -0.2) is 0 Å². The monoisotopic (exact) mass is 301 g/mol. The highest BCUT2D eigenvalue weighted by molar-refractivity contribution is 6.17. The number of methoxy groups -OCH3 is 1. The minimum Gasteiger partial charge on any atom is -0.497 e. The highest BCUT2D eigenvalue weighted by Gasteiger charge is 2.17. The maximum absolute atomic E-state index is 12.7. The van der Waals surface area contributed by atoms with Crippen molar-refractivity contribution >= 4 is 29.1 Å². The smallest absolute Gasteiger partial charge is 0.195 e. The molecule has 0 unspecified atom stereocenters. The fourth-order valence-electron chi connectivity index (χ4n) is 2.46. The number of halogens is 1. The van der Waals surface area contributed by atoms with E-state index in [0.717, 1.165) is 27.9 Å². The zero-order chi connectivity index (χ0) is 14.1. The van der Waals surface area contributed by atoms with E-state index in [9.17, 15) is 4.79 Å². The quantitative estimate of drug-likeness (QED) is 0.739. The number of ketones is 1. The van der Waals surface area contributed by atoms with Gasteiger partial charge in [0.1, 0.15) is 5.75 Å². The minimum absolute atomic E-state index is 0. The summed E-state index contributed by atoms with van der Waals surface area (Å²) in [6.45, 7) is 1.93. The largest absolute Gasteiger partial charge is 0.497 e. The van der Waals surface area contributed by atoms with E-state index in [1.165, 1.54) is 0 Å². The van der Waals surface area contributed by atoms with Crippen molar-refractivity contribution < 1.29 is 9.53 Å². The average Bonchev–Trinajstić information content (AvgIpc) is 2.82. The fourth-order valence-corrected chi connectivity index (χ4v) is 2.46. The fraction of sp³-hybridized carbons (Fsp3) is 0.118. The lowest BCUT2D eigenvalue weighted by Gasteiger charge is -2.03. The summed E-state index contributed by atoms with van der Waals surface area (Å²) < 4.78 is 5.12. The number of para-hydroxylation sites is 1. The molecule has 0 aliphatic rings. The second-order valence-electron chi connectivity index (χ2n) is 4.73. The van der Waals surface area contributed by atoms with Gasteiger partial charge in [-0.15, -0.1) is 12.4 Å². The van der Waals surface area contributed by atoms with Crippen LogP contribution < -0.4 is 4.74 Å². The maximum Gasteiger partial charge on any atom is 0.195 e. The van der Waals surface area contributed by atoms with E-state index in [4.69, 9.17) is 4.74 Å². The molecule has 0 amide bonds. The van der Waals surface area contributed by atoms with Gasteiger partial charge < -0.3 is 9.72 Å². The number of carbonyl (C=O) groups is 1. The molecule has 0 saturated carbocycles. The van der Waals surface area contributed by atoms with E-state index in [0.29, 0.717) is 5.56 Å². The minimum atomic E-state index is 0. The summed E-state index contributed by atoms with van der Waals surface area (Å²) in [5.41, 5.74) is 3.29. The SMILES string of the molecule is COc1ccc(C(=O)c2c(C)[nH]c3ccccc23)cc1.Cl. The van der Waals surface area contributed by atoms with Gasteiger partial charge in [-0.3, -0.25) is 4.79 Å². The number of aryl methyl sites for hydroxylation is 1. The molecule has 0 radical (unpaired) electrons. The predicted octanol–water partition coefficient (Wildman–Crippen LogP) is 4.14. The van der Waals surface area contributed by atoms with Gasteiger partial charge in [0.05, 0.1) is 12.7 Å². The number of rotatable bonds is 3. The summed E-state index contributed by atoms with van der Waals surface area (Å²) in [6.07, 6.45) is 0. The van der Waals surface area contributed by atoms with Gasteiger partial charge in [-0.05, 0) is 37.3 Å². The van der Waals surface area contributed by atoms with Crippen molar-refractivity contribution in [3.05, 3.63) is 65.4 Å². The van der Waals surface area contributed by atoms with Crippen molar-refractivity contribution in [3.8, 4) is 5.75 Å². The molecule has 3 nitrogen and oxygen atoms in total. The number of hydrogen-bond acceptors (Lipinski definition) is 2. The zero-order valence-corrected chi connectivity index (χ0v) is 12.7. The Hall–Kier alpha value is -2.26. The summed E-state index contributed by atoms with van der Waals surface area (Å²) in [5, 5.41) is 0.964. The average molecular weight is 302 g/mol. The first kappa shape index (κ1) is 15.1. The van der Waals surface area contributed by atoms with Crippen LogP contribution in [0.1, 0.15) is 21.6 Å². The van der Waals surface area contributed by atoms with Crippen LogP contribution in [0.2, 0.25) is 0 Å². The van der Waals surface area contributed by atoms with Gasteiger partial charge in [0.2, 0.25) is 0 Å². The molecular weight excluding hydrogens is 286 g/mol. The molecule has 2 aromatic carbocycles. The molecule has 3 aromatic rings. The number of aromatic nitrogens is 1. The molecule has 0 saturated heterocycles. The third kappa shape index (κ3) is 2.65. The number of aromatic amines is 1. The number of ether oxygens (including phenoxy) is 1. The lowest BCUT2D eigenvalue weighted by molar-refractivity contribution is 0.103. The van der Waals surface area contributed by atoms with Gasteiger partial charge in [-0.2, -0.15) is 0 Å². The van der Waals surface area contributed by atoms with E-state index in [1.807, 2.05) is 31.2 Å². The topological polar surface area (TPSA) is 42.1 Å². The molecule has 21 heavy (non-hydrogen) atoms. The Bertz CT molecular complexity index is 775. The van der Waals surface area contributed by atoms with E-state index < -0.39 is 0 Å². The molecule has 108 valence electrons. The Labute approximate surface area is 129 Å². The van der Waals surface area contributed by atoms with Crippen molar-refractivity contribution in [2.24, 2.45) is 0 Å². The Balaban J connectivity index is 0.00000161. The second kappa shape index (κ2) is 6.02. The first-order valence-electron chi connectivity index (χ1n) is 6.47. The Kier molecular flexibility index (Phi) is 4.34. The number of carbonyl (C=O) groups excluding carboxylic acids is 1. The van der Waals surface area contributed by atoms with Gasteiger partial charge >= 0.3 is 0 Å². The highest BCUT2D eigenvalue weighted by Crippen LogP contribution is 2.25. The number of benzene rings is 2. The number of nitrogens with one attached hydrogen (secondary N) is 1. The second-order valence-corrected chi connectivity index (χ2v) is 4.73. The Morgan fingerprint density at radius 2 is 1.71 bits per heavy atom. The van der Waals surface area contributed by atoms with Gasteiger partial charge in [-0.1, -0.05) is 18.2 Å². The number of H-pyrrole nitrogens is 1. The van der Waals surface area contributed by atoms with Crippen LogP contribution in [0.4, 0.5) is 0 Å². The molecule has 0 bridgehead atoms. The van der Waals surface area contributed by atoms with Crippen LogP contribution in [0.25, 0.3) is 10.9 Å². The molecule has 3 rings (SSSR count). The van der Waals surface area contributed by atoms with Crippen LogP contribution in [0, 0.1) is 6.92 Å².